The number of para-hydroxylation sites is 1. The van der Waals surface area contributed by atoms with Crippen LogP contribution in [0.25, 0.3) is 5.69 Å². The zero-order chi connectivity index (χ0) is 24.2. The molecule has 1 aliphatic rings. The molecule has 0 radical (unpaired) electrons. The number of nitrogens with zero attached hydrogens (tertiary/aromatic N) is 4. The highest BCUT2D eigenvalue weighted by Crippen LogP contribution is 2.29. The van der Waals surface area contributed by atoms with Gasteiger partial charge in [0.1, 0.15) is 0 Å². The molecule has 0 saturated heterocycles. The lowest BCUT2D eigenvalue weighted by molar-refractivity contribution is -0.116. The Bertz CT molecular complexity index is 1370. The molecule has 176 valence electrons. The molecule has 0 fully saturated rings. The summed E-state index contributed by atoms with van der Waals surface area (Å²) in [6.45, 7) is 2.93. The van der Waals surface area contributed by atoms with Crippen molar-refractivity contribution in [2.45, 2.75) is 25.0 Å². The van der Waals surface area contributed by atoms with Gasteiger partial charge in [0.15, 0.2) is 11.0 Å². The monoisotopic (exact) mass is 483 g/mol. The maximum absolute atomic E-state index is 13.1. The number of aryl methyl sites for hydroxylation is 1. The number of hydrogen-bond donors (Lipinski definition) is 1. The van der Waals surface area contributed by atoms with Crippen LogP contribution >= 0.6 is 11.8 Å². The van der Waals surface area contributed by atoms with Crippen molar-refractivity contribution in [1.82, 2.24) is 20.1 Å². The minimum Gasteiger partial charge on any atom is -0.345 e. The summed E-state index contributed by atoms with van der Waals surface area (Å²) < 4.78 is 1.91. The van der Waals surface area contributed by atoms with E-state index in [1.807, 2.05) is 77.1 Å². The van der Waals surface area contributed by atoms with E-state index in [4.69, 9.17) is 0 Å². The van der Waals surface area contributed by atoms with E-state index >= 15 is 0 Å². The Kier molecular flexibility index (Phi) is 6.63. The molecule has 0 unspecified atom stereocenters. The smallest absolute Gasteiger partial charge is 0.251 e. The molecule has 35 heavy (non-hydrogen) atoms. The van der Waals surface area contributed by atoms with Crippen molar-refractivity contribution in [3.63, 3.8) is 0 Å². The third-order valence-electron chi connectivity index (χ3n) is 5.92. The second-order valence-corrected chi connectivity index (χ2v) is 9.28. The van der Waals surface area contributed by atoms with E-state index in [9.17, 15) is 9.59 Å². The van der Waals surface area contributed by atoms with E-state index in [2.05, 4.69) is 21.6 Å². The van der Waals surface area contributed by atoms with E-state index in [1.54, 1.807) is 12.1 Å². The molecule has 0 atom stereocenters. The lowest BCUT2D eigenvalue weighted by Crippen LogP contribution is -2.30. The van der Waals surface area contributed by atoms with Gasteiger partial charge in [-0.15, -0.1) is 10.2 Å². The van der Waals surface area contributed by atoms with Gasteiger partial charge in [0.05, 0.1) is 12.3 Å². The van der Waals surface area contributed by atoms with Crippen LogP contribution in [-0.4, -0.2) is 38.9 Å². The summed E-state index contributed by atoms with van der Waals surface area (Å²) in [5, 5.41) is 12.3. The van der Waals surface area contributed by atoms with E-state index in [-0.39, 0.29) is 24.1 Å². The Labute approximate surface area is 208 Å². The van der Waals surface area contributed by atoms with Gasteiger partial charge in [-0.2, -0.15) is 0 Å². The number of rotatable bonds is 7. The number of benzene rings is 3. The average molecular weight is 484 g/mol. The van der Waals surface area contributed by atoms with Crippen molar-refractivity contribution in [1.29, 1.82) is 0 Å². The van der Waals surface area contributed by atoms with E-state index < -0.39 is 0 Å². The van der Waals surface area contributed by atoms with Gasteiger partial charge in [-0.3, -0.25) is 14.2 Å². The van der Waals surface area contributed by atoms with Gasteiger partial charge in [-0.1, -0.05) is 60.3 Å². The highest BCUT2D eigenvalue weighted by Gasteiger charge is 2.25. The van der Waals surface area contributed by atoms with Crippen molar-refractivity contribution in [3.05, 3.63) is 101 Å². The molecule has 1 aromatic heterocycles. The highest BCUT2D eigenvalue weighted by atomic mass is 32.2. The zero-order valence-electron chi connectivity index (χ0n) is 19.3. The van der Waals surface area contributed by atoms with Gasteiger partial charge in [0.25, 0.3) is 5.91 Å². The number of thioether (sulfide) groups is 1. The summed E-state index contributed by atoms with van der Waals surface area (Å²) in [7, 11) is 0. The second-order valence-electron chi connectivity index (χ2n) is 8.33. The Morgan fingerprint density at radius 1 is 0.971 bits per heavy atom. The fourth-order valence-corrected chi connectivity index (χ4v) is 5.03. The highest BCUT2D eigenvalue weighted by molar-refractivity contribution is 7.99. The molecule has 5 rings (SSSR count). The van der Waals surface area contributed by atoms with Gasteiger partial charge < -0.3 is 10.2 Å². The van der Waals surface area contributed by atoms with Crippen molar-refractivity contribution in [2.75, 3.05) is 17.2 Å². The van der Waals surface area contributed by atoms with Crippen LogP contribution in [0.5, 0.6) is 0 Å². The number of fused-ring (bicyclic) bond motifs is 1. The number of amides is 2. The average Bonchev–Trinajstić information content (AvgIpc) is 3.50. The molecule has 0 saturated carbocycles. The number of hydrogen-bond acceptors (Lipinski definition) is 5. The first-order valence-corrected chi connectivity index (χ1v) is 12.4. The summed E-state index contributed by atoms with van der Waals surface area (Å²) in [6.07, 6.45) is 0.872. The van der Waals surface area contributed by atoms with Gasteiger partial charge in [-0.25, -0.2) is 0 Å². The van der Waals surface area contributed by atoms with Crippen molar-refractivity contribution in [2.24, 2.45) is 0 Å². The molecule has 0 aliphatic carbocycles. The van der Waals surface area contributed by atoms with Crippen molar-refractivity contribution < 1.29 is 9.59 Å². The number of carbonyl (C=O) groups excluding carboxylic acids is 2. The Hall–Kier alpha value is -3.91. The van der Waals surface area contributed by atoms with Crippen LogP contribution in [-0.2, 0) is 17.8 Å². The first-order valence-electron chi connectivity index (χ1n) is 11.5. The molecule has 0 spiro atoms. The van der Waals surface area contributed by atoms with Crippen LogP contribution < -0.4 is 10.2 Å². The van der Waals surface area contributed by atoms with Gasteiger partial charge in [0, 0.05) is 23.5 Å². The van der Waals surface area contributed by atoms with E-state index in [1.165, 1.54) is 17.3 Å². The molecule has 0 bridgehead atoms. The molecular weight excluding hydrogens is 458 g/mol. The Balaban J connectivity index is 1.35. The van der Waals surface area contributed by atoms with Gasteiger partial charge in [0.2, 0.25) is 5.91 Å². The number of anilines is 1. The molecule has 4 aromatic rings. The van der Waals surface area contributed by atoms with Gasteiger partial charge in [-0.05, 0) is 54.8 Å². The molecule has 8 heteroatoms. The minimum atomic E-state index is -0.179. The predicted octanol–water partition coefficient (Wildman–Crippen LogP) is 4.19. The van der Waals surface area contributed by atoms with Crippen molar-refractivity contribution in [3.8, 4) is 5.69 Å². The van der Waals surface area contributed by atoms with Crippen molar-refractivity contribution >= 4 is 29.3 Å². The first kappa shape index (κ1) is 22.9. The second kappa shape index (κ2) is 10.1. The summed E-state index contributed by atoms with van der Waals surface area (Å²) in [4.78, 5) is 27.5. The number of aromatic nitrogens is 3. The normalized spacial score (nSPS) is 12.4. The topological polar surface area (TPSA) is 80.1 Å². The predicted molar refractivity (Wildman–Crippen MR) is 137 cm³/mol. The quantitative estimate of drug-likeness (QED) is 0.399. The molecule has 1 aliphatic heterocycles. The minimum absolute atomic E-state index is 0.0395. The lowest BCUT2D eigenvalue weighted by atomic mass is 10.2. The maximum Gasteiger partial charge on any atom is 0.251 e. The Morgan fingerprint density at radius 2 is 1.77 bits per heavy atom. The van der Waals surface area contributed by atoms with Crippen LogP contribution in [0.4, 0.5) is 5.69 Å². The summed E-state index contributed by atoms with van der Waals surface area (Å²) in [5.74, 6) is 0.703. The summed E-state index contributed by atoms with van der Waals surface area (Å²) in [5.41, 5.74) is 4.75. The Morgan fingerprint density at radius 3 is 2.60 bits per heavy atom. The molecule has 1 N–H and O–H groups in total. The SMILES string of the molecule is Cc1cccc(-n2c(CNC(=O)c3ccccc3)nnc2SCC(=O)N2CCc3ccccc32)c1. The summed E-state index contributed by atoms with van der Waals surface area (Å²) >= 11 is 1.35. The fourth-order valence-electron chi connectivity index (χ4n) is 4.19. The third kappa shape index (κ3) is 4.97. The van der Waals surface area contributed by atoms with Crippen LogP contribution in [0.2, 0.25) is 0 Å². The molecule has 2 amide bonds. The molecule has 3 aromatic carbocycles. The molecule has 7 nitrogen and oxygen atoms in total. The van der Waals surface area contributed by atoms with Crippen LogP contribution in [0, 0.1) is 6.92 Å². The van der Waals surface area contributed by atoms with Gasteiger partial charge >= 0.3 is 0 Å². The summed E-state index contributed by atoms with van der Waals surface area (Å²) in [6, 6.07) is 25.1. The zero-order valence-corrected chi connectivity index (χ0v) is 20.2. The fraction of sp³-hybridized carbons (Fsp3) is 0.185. The largest absolute Gasteiger partial charge is 0.345 e. The third-order valence-corrected chi connectivity index (χ3v) is 6.83. The van der Waals surface area contributed by atoms with E-state index in [0.717, 1.165) is 23.4 Å². The molecule has 2 heterocycles. The standard InChI is InChI=1S/C27H25N5O2S/c1-19-8-7-12-22(16-19)32-24(17-28-26(34)21-10-3-2-4-11-21)29-30-27(32)35-18-25(33)31-15-14-20-9-5-6-13-23(20)31/h2-13,16H,14-15,17-18H2,1H3,(H,28,34). The van der Waals surface area contributed by atoms with Crippen LogP contribution in [0.3, 0.4) is 0 Å². The molecular formula is C27H25N5O2S. The lowest BCUT2D eigenvalue weighted by Gasteiger charge is -2.17. The number of carbonyl (C=O) groups is 2. The van der Waals surface area contributed by atoms with Crippen LogP contribution in [0.15, 0.2) is 84.0 Å². The first-order chi connectivity index (χ1) is 17.1. The van der Waals surface area contributed by atoms with E-state index in [0.29, 0.717) is 23.1 Å². The number of nitrogens with one attached hydrogen (secondary N) is 1. The van der Waals surface area contributed by atoms with Crippen LogP contribution in [0.1, 0.15) is 27.3 Å². The maximum atomic E-state index is 13.1.